The molecule has 4 bridgehead atoms. The van der Waals surface area contributed by atoms with E-state index in [-0.39, 0.29) is 17.2 Å². The number of benzene rings is 1. The van der Waals surface area contributed by atoms with Gasteiger partial charge >= 0.3 is 0 Å². The van der Waals surface area contributed by atoms with Crippen LogP contribution in [0.5, 0.6) is 0 Å². The summed E-state index contributed by atoms with van der Waals surface area (Å²) in [6.07, 6.45) is 8.11. The van der Waals surface area contributed by atoms with Crippen molar-refractivity contribution in [3.8, 4) is 0 Å². The van der Waals surface area contributed by atoms with E-state index in [4.69, 9.17) is 4.52 Å². The summed E-state index contributed by atoms with van der Waals surface area (Å²) in [4.78, 5) is 30.5. The summed E-state index contributed by atoms with van der Waals surface area (Å²) in [6.45, 7) is 1.77. The molecule has 0 saturated heterocycles. The fraction of sp³-hybridized carbons (Fsp3) is 0.565. The van der Waals surface area contributed by atoms with Crippen LogP contribution in [0.3, 0.4) is 0 Å². The molecule has 0 spiro atoms. The minimum Gasteiger partial charge on any atom is -0.338 e. The summed E-state index contributed by atoms with van der Waals surface area (Å²) in [5, 5.41) is 3.79. The Balaban J connectivity index is 1.17. The molecular formula is C23H28N4O3S. The van der Waals surface area contributed by atoms with Gasteiger partial charge in [0.2, 0.25) is 11.8 Å². The molecule has 0 unspecified atom stereocenters. The van der Waals surface area contributed by atoms with Crippen LogP contribution >= 0.6 is 11.8 Å². The van der Waals surface area contributed by atoms with E-state index < -0.39 is 0 Å². The molecule has 31 heavy (non-hydrogen) atoms. The molecule has 1 heterocycles. The zero-order valence-corrected chi connectivity index (χ0v) is 18.5. The SMILES string of the molecule is Cc1noc(CSc2ccccc2C(=O)NNC(=O)CC23CC4CC(CC(C4)C2)C3)n1. The van der Waals surface area contributed by atoms with Gasteiger partial charge in [0.25, 0.3) is 5.91 Å². The predicted molar refractivity (Wildman–Crippen MR) is 116 cm³/mol. The number of rotatable bonds is 6. The molecular weight excluding hydrogens is 412 g/mol. The van der Waals surface area contributed by atoms with Crippen LogP contribution in [-0.4, -0.2) is 22.0 Å². The summed E-state index contributed by atoms with van der Waals surface area (Å²) in [5.41, 5.74) is 5.96. The van der Waals surface area contributed by atoms with Crippen molar-refractivity contribution >= 4 is 23.6 Å². The highest BCUT2D eigenvalue weighted by Crippen LogP contribution is 2.61. The highest BCUT2D eigenvalue weighted by molar-refractivity contribution is 7.98. The molecule has 1 aromatic carbocycles. The molecule has 8 heteroatoms. The highest BCUT2D eigenvalue weighted by Gasteiger charge is 2.51. The molecule has 1 aromatic heterocycles. The number of aryl methyl sites for hydroxylation is 1. The van der Waals surface area contributed by atoms with E-state index in [1.807, 2.05) is 18.2 Å². The van der Waals surface area contributed by atoms with Gasteiger partial charge in [-0.1, -0.05) is 17.3 Å². The van der Waals surface area contributed by atoms with Crippen molar-refractivity contribution in [2.45, 2.75) is 62.5 Å². The second-order valence-electron chi connectivity index (χ2n) is 9.62. The van der Waals surface area contributed by atoms with E-state index in [9.17, 15) is 9.59 Å². The van der Waals surface area contributed by atoms with E-state index in [2.05, 4.69) is 21.0 Å². The van der Waals surface area contributed by atoms with Gasteiger partial charge in [-0.3, -0.25) is 20.4 Å². The van der Waals surface area contributed by atoms with Crippen LogP contribution in [0.15, 0.2) is 33.7 Å². The van der Waals surface area contributed by atoms with Gasteiger partial charge in [0.05, 0.1) is 11.3 Å². The molecule has 0 aliphatic heterocycles. The third-order valence-electron chi connectivity index (χ3n) is 7.07. The number of carbonyl (C=O) groups is 2. The predicted octanol–water partition coefficient (Wildman–Crippen LogP) is 4.04. The number of aromatic nitrogens is 2. The smallest absolute Gasteiger partial charge is 0.270 e. The van der Waals surface area contributed by atoms with Gasteiger partial charge in [-0.25, -0.2) is 0 Å². The average molecular weight is 441 g/mol. The van der Waals surface area contributed by atoms with Gasteiger partial charge in [-0.2, -0.15) is 4.98 Å². The quantitative estimate of drug-likeness (QED) is 0.520. The van der Waals surface area contributed by atoms with Crippen LogP contribution in [0.1, 0.15) is 67.0 Å². The molecule has 4 aliphatic carbocycles. The number of hydrogen-bond acceptors (Lipinski definition) is 6. The first-order valence-corrected chi connectivity index (χ1v) is 12.1. The minimum atomic E-state index is -0.316. The van der Waals surface area contributed by atoms with Crippen molar-refractivity contribution in [2.24, 2.45) is 23.2 Å². The maximum atomic E-state index is 12.8. The first-order valence-electron chi connectivity index (χ1n) is 11.1. The molecule has 0 atom stereocenters. The van der Waals surface area contributed by atoms with Crippen molar-refractivity contribution in [1.29, 1.82) is 0 Å². The number of thioether (sulfide) groups is 1. The van der Waals surface area contributed by atoms with Crippen molar-refractivity contribution < 1.29 is 14.1 Å². The number of hydrogen-bond donors (Lipinski definition) is 2. The molecule has 164 valence electrons. The second-order valence-corrected chi connectivity index (χ2v) is 10.6. The molecule has 0 radical (unpaired) electrons. The van der Waals surface area contributed by atoms with Crippen molar-refractivity contribution in [1.82, 2.24) is 21.0 Å². The first kappa shape index (κ1) is 20.5. The maximum absolute atomic E-state index is 12.8. The summed E-state index contributed by atoms with van der Waals surface area (Å²) in [5.74, 6) is 3.60. The van der Waals surface area contributed by atoms with Gasteiger partial charge in [0.1, 0.15) is 0 Å². The van der Waals surface area contributed by atoms with E-state index >= 15 is 0 Å². The topological polar surface area (TPSA) is 97.1 Å². The van der Waals surface area contributed by atoms with Crippen LogP contribution in [-0.2, 0) is 10.5 Å². The molecule has 4 aliphatic rings. The van der Waals surface area contributed by atoms with Crippen molar-refractivity contribution in [2.75, 3.05) is 0 Å². The van der Waals surface area contributed by atoms with Crippen molar-refractivity contribution in [3.63, 3.8) is 0 Å². The molecule has 2 amide bonds. The standard InChI is InChI=1S/C23H28N4O3S/c1-14-24-21(30-27-14)13-31-19-5-3-2-4-18(19)22(29)26-25-20(28)12-23-9-15-6-16(10-23)8-17(7-15)11-23/h2-5,15-17H,6-13H2,1H3,(H,25,28)(H,26,29). The van der Waals surface area contributed by atoms with Gasteiger partial charge < -0.3 is 4.52 Å². The molecule has 2 aromatic rings. The fourth-order valence-electron chi connectivity index (χ4n) is 6.40. The van der Waals surface area contributed by atoms with Crippen LogP contribution < -0.4 is 10.9 Å². The summed E-state index contributed by atoms with van der Waals surface area (Å²) >= 11 is 1.45. The molecule has 7 nitrogen and oxygen atoms in total. The normalized spacial score (nSPS) is 28.5. The summed E-state index contributed by atoms with van der Waals surface area (Å²) < 4.78 is 5.14. The van der Waals surface area contributed by atoms with E-state index in [1.54, 1.807) is 13.0 Å². The lowest BCUT2D eigenvalue weighted by Crippen LogP contribution is -2.50. The number of hydrazine groups is 1. The first-order chi connectivity index (χ1) is 15.0. The van der Waals surface area contributed by atoms with Gasteiger partial charge in [-0.15, -0.1) is 11.8 Å². The Morgan fingerprint density at radius 1 is 1.10 bits per heavy atom. The second kappa shape index (κ2) is 8.30. The monoisotopic (exact) mass is 440 g/mol. The Kier molecular flexibility index (Phi) is 5.50. The van der Waals surface area contributed by atoms with Gasteiger partial charge in [0.15, 0.2) is 5.82 Å². The van der Waals surface area contributed by atoms with Crippen LogP contribution in [0.2, 0.25) is 0 Å². The zero-order valence-electron chi connectivity index (χ0n) is 17.7. The lowest BCUT2D eigenvalue weighted by molar-refractivity contribution is -0.130. The van der Waals surface area contributed by atoms with Crippen LogP contribution in [0.4, 0.5) is 0 Å². The summed E-state index contributed by atoms with van der Waals surface area (Å²) in [7, 11) is 0. The lowest BCUT2D eigenvalue weighted by Gasteiger charge is -2.56. The van der Waals surface area contributed by atoms with E-state index in [1.165, 1.54) is 50.3 Å². The Bertz CT molecular complexity index is 953. The Morgan fingerprint density at radius 3 is 2.42 bits per heavy atom. The fourth-order valence-corrected chi connectivity index (χ4v) is 7.29. The number of nitrogens with zero attached hydrogens (tertiary/aromatic N) is 2. The van der Waals surface area contributed by atoms with E-state index in [0.29, 0.717) is 29.5 Å². The Labute approximate surface area is 186 Å². The molecule has 6 rings (SSSR count). The van der Waals surface area contributed by atoms with Crippen molar-refractivity contribution in [3.05, 3.63) is 41.5 Å². The largest absolute Gasteiger partial charge is 0.338 e. The third kappa shape index (κ3) is 4.49. The van der Waals surface area contributed by atoms with Crippen LogP contribution in [0, 0.1) is 30.1 Å². The zero-order chi connectivity index (χ0) is 21.4. The molecule has 4 saturated carbocycles. The number of nitrogens with one attached hydrogen (secondary N) is 2. The number of carbonyl (C=O) groups excluding carboxylic acids is 2. The summed E-state index contributed by atoms with van der Waals surface area (Å²) in [6, 6.07) is 7.32. The Morgan fingerprint density at radius 2 is 1.77 bits per heavy atom. The van der Waals surface area contributed by atoms with Gasteiger partial charge in [0, 0.05) is 11.3 Å². The maximum Gasteiger partial charge on any atom is 0.270 e. The molecule has 4 fully saturated rings. The Hall–Kier alpha value is -2.35. The van der Waals surface area contributed by atoms with E-state index in [0.717, 1.165) is 22.6 Å². The highest BCUT2D eigenvalue weighted by atomic mass is 32.2. The molecule has 2 N–H and O–H groups in total. The average Bonchev–Trinajstić information content (AvgIpc) is 3.14. The van der Waals surface area contributed by atoms with Crippen LogP contribution in [0.25, 0.3) is 0 Å². The van der Waals surface area contributed by atoms with Gasteiger partial charge in [-0.05, 0) is 80.8 Å². The number of amides is 2. The lowest BCUT2D eigenvalue weighted by atomic mass is 9.49. The minimum absolute atomic E-state index is 0.0817. The third-order valence-corrected chi connectivity index (χ3v) is 8.13.